The van der Waals surface area contributed by atoms with E-state index in [0.29, 0.717) is 60.1 Å². The summed E-state index contributed by atoms with van der Waals surface area (Å²) in [4.78, 5) is 41.2. The topological polar surface area (TPSA) is 98.5 Å². The predicted octanol–water partition coefficient (Wildman–Crippen LogP) is 2.61. The fourth-order valence-corrected chi connectivity index (χ4v) is 4.53. The fourth-order valence-electron chi connectivity index (χ4n) is 4.53. The van der Waals surface area contributed by atoms with Gasteiger partial charge in [0.1, 0.15) is 17.9 Å². The molecule has 36 heavy (non-hydrogen) atoms. The molecule has 0 radical (unpaired) electrons. The molecule has 0 bridgehead atoms. The minimum atomic E-state index is -0.700. The van der Waals surface area contributed by atoms with Crippen molar-refractivity contribution in [2.45, 2.75) is 26.9 Å². The van der Waals surface area contributed by atoms with Crippen LogP contribution in [-0.4, -0.2) is 67.1 Å². The van der Waals surface area contributed by atoms with Crippen LogP contribution in [0.25, 0.3) is 11.0 Å². The molecule has 2 aromatic carbocycles. The summed E-state index contributed by atoms with van der Waals surface area (Å²) in [5.41, 5.74) is 2.21. The molecule has 3 heterocycles. The van der Waals surface area contributed by atoms with E-state index >= 15 is 0 Å². The molecule has 3 aromatic rings. The third-order valence-corrected chi connectivity index (χ3v) is 6.90. The number of rotatable bonds is 4. The molecule has 188 valence electrons. The number of hydrogen-bond donors (Lipinski definition) is 0. The second kappa shape index (κ2) is 9.56. The van der Waals surface area contributed by atoms with E-state index in [1.807, 2.05) is 25.1 Å². The van der Waals surface area contributed by atoms with Crippen molar-refractivity contribution in [1.82, 2.24) is 9.80 Å². The van der Waals surface area contributed by atoms with Crippen LogP contribution in [0.1, 0.15) is 16.7 Å². The summed E-state index contributed by atoms with van der Waals surface area (Å²) in [5.74, 6) is 1.36. The molecule has 1 aromatic heterocycles. The van der Waals surface area contributed by atoms with E-state index in [-0.39, 0.29) is 30.7 Å². The van der Waals surface area contributed by atoms with Gasteiger partial charge in [0, 0.05) is 42.7 Å². The Kier molecular flexibility index (Phi) is 6.30. The molecule has 0 spiro atoms. The lowest BCUT2D eigenvalue weighted by atomic mass is 10.0. The molecule has 0 unspecified atom stereocenters. The highest BCUT2D eigenvalue weighted by Gasteiger charge is 2.33. The summed E-state index contributed by atoms with van der Waals surface area (Å²) in [5, 5.41) is 0.847. The van der Waals surface area contributed by atoms with Crippen LogP contribution in [0.5, 0.6) is 17.2 Å². The summed E-state index contributed by atoms with van der Waals surface area (Å²) in [6.45, 7) is 7.06. The second-order valence-electron chi connectivity index (χ2n) is 9.06. The largest absolute Gasteiger partial charge is 0.485 e. The highest BCUT2D eigenvalue weighted by molar-refractivity contribution is 5.86. The van der Waals surface area contributed by atoms with Gasteiger partial charge in [0.05, 0.1) is 0 Å². The summed E-state index contributed by atoms with van der Waals surface area (Å²) in [7, 11) is 0. The van der Waals surface area contributed by atoms with Crippen LogP contribution in [0.2, 0.25) is 0 Å². The standard InChI is InChI=1S/C27H28N2O7/c1-16-17(2)27(32)36-25-18(3)20(9-8-19(16)25)34-15-24(30)28-10-12-29(13-11-28)26(31)23-14-33-21-6-4-5-7-22(21)35-23/h4-9,23H,10-15H2,1-3H3/t23-/m1/s1. The molecule has 0 aliphatic carbocycles. The number of nitrogens with zero attached hydrogens (tertiary/aromatic N) is 2. The minimum absolute atomic E-state index is 0.147. The zero-order chi connectivity index (χ0) is 25.4. The first-order chi connectivity index (χ1) is 17.3. The predicted molar refractivity (Wildman–Crippen MR) is 132 cm³/mol. The van der Waals surface area contributed by atoms with Crippen molar-refractivity contribution in [2.75, 3.05) is 39.4 Å². The number of fused-ring (bicyclic) bond motifs is 2. The van der Waals surface area contributed by atoms with Gasteiger partial charge in [-0.2, -0.15) is 0 Å². The van der Waals surface area contributed by atoms with Crippen LogP contribution in [0.15, 0.2) is 45.6 Å². The Morgan fingerprint density at radius 1 is 0.917 bits per heavy atom. The minimum Gasteiger partial charge on any atom is -0.485 e. The monoisotopic (exact) mass is 492 g/mol. The van der Waals surface area contributed by atoms with Gasteiger partial charge >= 0.3 is 5.63 Å². The molecule has 1 atom stereocenters. The van der Waals surface area contributed by atoms with E-state index in [4.69, 9.17) is 18.6 Å². The molecule has 0 saturated carbocycles. The van der Waals surface area contributed by atoms with E-state index in [9.17, 15) is 14.4 Å². The van der Waals surface area contributed by atoms with Crippen molar-refractivity contribution < 1.29 is 28.2 Å². The molecule has 0 N–H and O–H groups in total. The Bertz CT molecular complexity index is 1390. The third-order valence-electron chi connectivity index (χ3n) is 6.90. The van der Waals surface area contributed by atoms with Crippen molar-refractivity contribution in [1.29, 1.82) is 0 Å². The maximum Gasteiger partial charge on any atom is 0.339 e. The normalized spacial score (nSPS) is 17.2. The Morgan fingerprint density at radius 3 is 2.36 bits per heavy atom. The summed E-state index contributed by atoms with van der Waals surface area (Å²) in [6.07, 6.45) is -0.700. The Balaban J connectivity index is 1.16. The van der Waals surface area contributed by atoms with E-state index in [1.54, 1.807) is 41.8 Å². The number of amides is 2. The molecule has 2 aliphatic rings. The van der Waals surface area contributed by atoms with Crippen molar-refractivity contribution >= 4 is 22.8 Å². The maximum absolute atomic E-state index is 12.9. The van der Waals surface area contributed by atoms with Gasteiger partial charge in [-0.15, -0.1) is 0 Å². The van der Waals surface area contributed by atoms with Crippen LogP contribution in [0.4, 0.5) is 0 Å². The molecule has 5 rings (SSSR count). The highest BCUT2D eigenvalue weighted by Crippen LogP contribution is 2.32. The summed E-state index contributed by atoms with van der Waals surface area (Å²) < 4.78 is 22.8. The first-order valence-electron chi connectivity index (χ1n) is 11.9. The molecule has 2 aliphatic heterocycles. The fraction of sp³-hybridized carbons (Fsp3) is 0.370. The zero-order valence-corrected chi connectivity index (χ0v) is 20.5. The van der Waals surface area contributed by atoms with Gasteiger partial charge < -0.3 is 28.4 Å². The summed E-state index contributed by atoms with van der Waals surface area (Å²) >= 11 is 0. The summed E-state index contributed by atoms with van der Waals surface area (Å²) in [6, 6.07) is 10.9. The SMILES string of the molecule is Cc1c(C)c2ccc(OCC(=O)N3CCN(C(=O)[C@H]4COc5ccccc5O4)CC3)c(C)c2oc1=O. The molecule has 9 heteroatoms. The van der Waals surface area contributed by atoms with Crippen LogP contribution in [-0.2, 0) is 9.59 Å². The molecule has 9 nitrogen and oxygen atoms in total. The van der Waals surface area contributed by atoms with E-state index in [0.717, 1.165) is 10.9 Å². The number of ether oxygens (including phenoxy) is 3. The van der Waals surface area contributed by atoms with Crippen molar-refractivity contribution in [3.8, 4) is 17.2 Å². The van der Waals surface area contributed by atoms with Crippen molar-refractivity contribution in [2.24, 2.45) is 0 Å². The third kappa shape index (κ3) is 4.36. The Hall–Kier alpha value is -4.01. The van der Waals surface area contributed by atoms with E-state index in [1.165, 1.54) is 0 Å². The van der Waals surface area contributed by atoms with Gasteiger partial charge in [-0.25, -0.2) is 4.79 Å². The quantitative estimate of drug-likeness (QED) is 0.517. The van der Waals surface area contributed by atoms with E-state index in [2.05, 4.69) is 0 Å². The van der Waals surface area contributed by atoms with Crippen LogP contribution in [0.3, 0.4) is 0 Å². The smallest absolute Gasteiger partial charge is 0.339 e. The lowest BCUT2D eigenvalue weighted by Gasteiger charge is -2.37. The number of piperazine rings is 1. The van der Waals surface area contributed by atoms with E-state index < -0.39 is 6.10 Å². The maximum atomic E-state index is 12.9. The Labute approximate surface area is 208 Å². The molecular weight excluding hydrogens is 464 g/mol. The van der Waals surface area contributed by atoms with Gasteiger partial charge in [-0.1, -0.05) is 12.1 Å². The molecule has 1 saturated heterocycles. The van der Waals surface area contributed by atoms with Gasteiger partial charge in [0.15, 0.2) is 18.1 Å². The highest BCUT2D eigenvalue weighted by atomic mass is 16.6. The average molecular weight is 493 g/mol. The zero-order valence-electron chi connectivity index (χ0n) is 20.5. The average Bonchev–Trinajstić information content (AvgIpc) is 2.91. The van der Waals surface area contributed by atoms with Crippen LogP contribution in [0, 0.1) is 20.8 Å². The van der Waals surface area contributed by atoms with Gasteiger partial charge in [-0.3, -0.25) is 9.59 Å². The number of para-hydroxylation sites is 2. The number of carbonyl (C=O) groups excluding carboxylic acids is 2. The van der Waals surface area contributed by atoms with Gasteiger partial charge in [0.2, 0.25) is 6.10 Å². The first-order valence-corrected chi connectivity index (χ1v) is 11.9. The van der Waals surface area contributed by atoms with Gasteiger partial charge in [0.25, 0.3) is 11.8 Å². The number of hydrogen-bond acceptors (Lipinski definition) is 7. The lowest BCUT2D eigenvalue weighted by Crippen LogP contribution is -2.55. The van der Waals surface area contributed by atoms with Crippen molar-refractivity contribution in [3.05, 3.63) is 63.5 Å². The second-order valence-corrected chi connectivity index (χ2v) is 9.06. The van der Waals surface area contributed by atoms with Crippen LogP contribution < -0.4 is 19.8 Å². The number of benzene rings is 2. The van der Waals surface area contributed by atoms with Crippen LogP contribution >= 0.6 is 0 Å². The Morgan fingerprint density at radius 2 is 1.61 bits per heavy atom. The number of carbonyl (C=O) groups is 2. The lowest BCUT2D eigenvalue weighted by molar-refractivity contribution is -0.146. The molecular formula is C27H28N2O7. The molecule has 1 fully saturated rings. The van der Waals surface area contributed by atoms with Crippen molar-refractivity contribution in [3.63, 3.8) is 0 Å². The number of aryl methyl sites for hydroxylation is 2. The van der Waals surface area contributed by atoms with Gasteiger partial charge in [-0.05, 0) is 50.6 Å². The molecule has 2 amide bonds. The first kappa shape index (κ1) is 23.7.